The number of phenolic OH excluding ortho intramolecular Hbond substituents is 1. The molecule has 2 N–H and O–H groups in total. The van der Waals surface area contributed by atoms with Gasteiger partial charge in [0.05, 0.1) is 20.3 Å². The normalized spacial score (nSPS) is 23.6. The summed E-state index contributed by atoms with van der Waals surface area (Å²) in [4.78, 5) is 1.98. The van der Waals surface area contributed by atoms with Crippen LogP contribution in [0.5, 0.6) is 17.2 Å². The fourth-order valence-electron chi connectivity index (χ4n) is 2.47. The van der Waals surface area contributed by atoms with E-state index < -0.39 is 6.10 Å². The molecule has 0 saturated heterocycles. The second-order valence-corrected chi connectivity index (χ2v) is 4.59. The van der Waals surface area contributed by atoms with Gasteiger partial charge in [0, 0.05) is 18.2 Å². The highest BCUT2D eigenvalue weighted by Crippen LogP contribution is 2.48. The molecule has 18 heavy (non-hydrogen) atoms. The Morgan fingerprint density at radius 2 is 2.00 bits per heavy atom. The first-order valence-corrected chi connectivity index (χ1v) is 5.87. The number of hydrogen-bond acceptors (Lipinski definition) is 5. The maximum atomic E-state index is 10.3. The predicted octanol–water partition coefficient (Wildman–Crippen LogP) is 1.45. The first-order chi connectivity index (χ1) is 8.51. The maximum absolute atomic E-state index is 10.3. The van der Waals surface area contributed by atoms with Gasteiger partial charge in [-0.05, 0) is 25.6 Å². The van der Waals surface area contributed by atoms with E-state index in [0.29, 0.717) is 29.2 Å². The van der Waals surface area contributed by atoms with Gasteiger partial charge in [0.25, 0.3) is 0 Å². The Hall–Kier alpha value is -1.46. The van der Waals surface area contributed by atoms with Crippen LogP contribution < -0.4 is 9.47 Å². The van der Waals surface area contributed by atoms with Crippen LogP contribution in [0.4, 0.5) is 0 Å². The number of hydrogen-bond donors (Lipinski definition) is 2. The smallest absolute Gasteiger partial charge is 0.203 e. The van der Waals surface area contributed by atoms with Gasteiger partial charge in [0.2, 0.25) is 5.75 Å². The van der Waals surface area contributed by atoms with Crippen LogP contribution in [-0.2, 0) is 0 Å². The van der Waals surface area contributed by atoms with Crippen molar-refractivity contribution in [3.8, 4) is 17.2 Å². The fourth-order valence-corrected chi connectivity index (χ4v) is 2.47. The van der Waals surface area contributed by atoms with Gasteiger partial charge in [0.15, 0.2) is 11.5 Å². The second kappa shape index (κ2) is 4.66. The van der Waals surface area contributed by atoms with Crippen molar-refractivity contribution in [2.24, 2.45) is 0 Å². The van der Waals surface area contributed by atoms with Crippen LogP contribution in [0.1, 0.15) is 30.2 Å². The summed E-state index contributed by atoms with van der Waals surface area (Å²) in [5.74, 6) is 0.792. The lowest BCUT2D eigenvalue weighted by Crippen LogP contribution is -2.33. The first-order valence-electron chi connectivity index (χ1n) is 5.87. The molecule has 1 aliphatic rings. The molecule has 100 valence electrons. The maximum Gasteiger partial charge on any atom is 0.203 e. The zero-order chi connectivity index (χ0) is 13.4. The summed E-state index contributed by atoms with van der Waals surface area (Å²) in [5.41, 5.74) is 1.41. The van der Waals surface area contributed by atoms with Gasteiger partial charge in [-0.2, -0.15) is 0 Å². The van der Waals surface area contributed by atoms with E-state index in [4.69, 9.17) is 9.47 Å². The molecule has 0 fully saturated rings. The van der Waals surface area contributed by atoms with E-state index in [9.17, 15) is 10.2 Å². The van der Waals surface area contributed by atoms with Crippen molar-refractivity contribution in [3.05, 3.63) is 17.2 Å². The molecule has 0 spiro atoms. The van der Waals surface area contributed by atoms with Gasteiger partial charge in [-0.1, -0.05) is 0 Å². The van der Waals surface area contributed by atoms with E-state index in [1.807, 2.05) is 18.9 Å². The Labute approximate surface area is 107 Å². The molecule has 2 rings (SSSR count). The number of aromatic hydroxyl groups is 1. The van der Waals surface area contributed by atoms with Crippen molar-refractivity contribution in [1.29, 1.82) is 0 Å². The Morgan fingerprint density at radius 3 is 2.56 bits per heavy atom. The Balaban J connectivity index is 2.67. The van der Waals surface area contributed by atoms with Crippen LogP contribution in [0.15, 0.2) is 6.07 Å². The number of rotatable bonds is 2. The molecule has 0 unspecified atom stereocenters. The van der Waals surface area contributed by atoms with Crippen molar-refractivity contribution in [2.75, 3.05) is 27.8 Å². The van der Waals surface area contributed by atoms with Crippen molar-refractivity contribution in [3.63, 3.8) is 0 Å². The lowest BCUT2D eigenvalue weighted by atomic mass is 9.90. The summed E-state index contributed by atoms with van der Waals surface area (Å²) in [6.45, 7) is 2.51. The largest absolute Gasteiger partial charge is 0.504 e. The molecule has 1 heterocycles. The van der Waals surface area contributed by atoms with Crippen LogP contribution >= 0.6 is 0 Å². The lowest BCUT2D eigenvalue weighted by Gasteiger charge is -2.36. The van der Waals surface area contributed by atoms with Gasteiger partial charge in [-0.25, -0.2) is 0 Å². The van der Waals surface area contributed by atoms with Gasteiger partial charge in [0.1, 0.15) is 0 Å². The van der Waals surface area contributed by atoms with Gasteiger partial charge < -0.3 is 19.7 Å². The number of likely N-dealkylation sites (N-methyl/N-ethyl adjacent to an activating group) is 1. The third-order valence-corrected chi connectivity index (χ3v) is 3.61. The third kappa shape index (κ3) is 1.79. The summed E-state index contributed by atoms with van der Waals surface area (Å²) in [6, 6.07) is 1.76. The molecule has 5 heteroatoms. The minimum absolute atomic E-state index is 0.0169. The van der Waals surface area contributed by atoms with Crippen molar-refractivity contribution >= 4 is 0 Å². The Morgan fingerprint density at radius 1 is 1.33 bits per heavy atom. The monoisotopic (exact) mass is 253 g/mol. The molecule has 1 aromatic carbocycles. The van der Waals surface area contributed by atoms with Crippen LogP contribution in [0.2, 0.25) is 0 Å². The number of nitrogens with zero attached hydrogens (tertiary/aromatic N) is 1. The van der Waals surface area contributed by atoms with Gasteiger partial charge >= 0.3 is 0 Å². The molecule has 1 aliphatic heterocycles. The van der Waals surface area contributed by atoms with E-state index in [1.54, 1.807) is 6.07 Å². The molecule has 0 aromatic heterocycles. The topological polar surface area (TPSA) is 62.2 Å². The molecule has 2 atom stereocenters. The van der Waals surface area contributed by atoms with Gasteiger partial charge in [-0.15, -0.1) is 0 Å². The van der Waals surface area contributed by atoms with Crippen molar-refractivity contribution < 1.29 is 19.7 Å². The number of phenols is 1. The molecule has 5 nitrogen and oxygen atoms in total. The SMILES string of the molecule is COc1cc2c(c(O)c1OC)[C@@H](C)N(C)C[C@H]2O. The number of benzene rings is 1. The number of aliphatic hydroxyl groups excluding tert-OH is 1. The van der Waals surface area contributed by atoms with E-state index in [1.165, 1.54) is 14.2 Å². The number of β-amino-alcohol motifs (C(OH)–C–C–N with tert-alkyl or cyclic N) is 1. The van der Waals surface area contributed by atoms with E-state index in [0.717, 1.165) is 0 Å². The standard InChI is InChI=1S/C13H19NO4/c1-7-11-8(9(15)6-14(7)2)5-10(17-3)13(18-4)12(11)16/h5,7,9,15-16H,6H2,1-4H3/t7-,9-/m1/s1. The summed E-state index contributed by atoms with van der Waals surface area (Å²) >= 11 is 0. The van der Waals surface area contributed by atoms with E-state index in [2.05, 4.69) is 0 Å². The average molecular weight is 253 g/mol. The first kappa shape index (κ1) is 13.0. The van der Waals surface area contributed by atoms with Crippen molar-refractivity contribution in [1.82, 2.24) is 4.90 Å². The highest BCUT2D eigenvalue weighted by Gasteiger charge is 2.32. The van der Waals surface area contributed by atoms with E-state index >= 15 is 0 Å². The Bertz CT molecular complexity index is 461. The summed E-state index contributed by atoms with van der Waals surface area (Å²) in [6.07, 6.45) is -0.632. The molecule has 0 amide bonds. The summed E-state index contributed by atoms with van der Waals surface area (Å²) < 4.78 is 10.4. The lowest BCUT2D eigenvalue weighted by molar-refractivity contribution is 0.0867. The minimum atomic E-state index is -0.632. The molecule has 0 bridgehead atoms. The third-order valence-electron chi connectivity index (χ3n) is 3.61. The van der Waals surface area contributed by atoms with Gasteiger partial charge in [-0.3, -0.25) is 4.90 Å². The van der Waals surface area contributed by atoms with Crippen LogP contribution in [0, 0.1) is 0 Å². The Kier molecular flexibility index (Phi) is 3.36. The quantitative estimate of drug-likeness (QED) is 0.835. The summed E-state index contributed by atoms with van der Waals surface area (Å²) in [5, 5.41) is 20.4. The number of methoxy groups -OCH3 is 2. The highest BCUT2D eigenvalue weighted by molar-refractivity contribution is 5.60. The molecular weight excluding hydrogens is 234 g/mol. The highest BCUT2D eigenvalue weighted by atomic mass is 16.5. The van der Waals surface area contributed by atoms with Crippen molar-refractivity contribution in [2.45, 2.75) is 19.1 Å². The number of aliphatic hydroxyl groups is 1. The predicted molar refractivity (Wildman–Crippen MR) is 67.2 cm³/mol. The van der Waals surface area contributed by atoms with Crippen LogP contribution in [-0.4, -0.2) is 42.9 Å². The zero-order valence-corrected chi connectivity index (χ0v) is 11.1. The minimum Gasteiger partial charge on any atom is -0.504 e. The van der Waals surface area contributed by atoms with E-state index in [-0.39, 0.29) is 11.8 Å². The number of ether oxygens (including phenoxy) is 2. The molecule has 0 aliphatic carbocycles. The fraction of sp³-hybridized carbons (Fsp3) is 0.538. The molecule has 1 aromatic rings. The molecule has 0 radical (unpaired) electrons. The average Bonchev–Trinajstić information content (AvgIpc) is 2.35. The van der Waals surface area contributed by atoms with Crippen LogP contribution in [0.25, 0.3) is 0 Å². The zero-order valence-electron chi connectivity index (χ0n) is 11.1. The molecule has 0 saturated carbocycles. The van der Waals surface area contributed by atoms with Crippen LogP contribution in [0.3, 0.4) is 0 Å². The second-order valence-electron chi connectivity index (χ2n) is 4.59. The molecular formula is C13H19NO4. The number of fused-ring (bicyclic) bond motifs is 1. The summed E-state index contributed by atoms with van der Waals surface area (Å²) in [7, 11) is 4.90.